The summed E-state index contributed by atoms with van der Waals surface area (Å²) in [6.45, 7) is 12.6. The molecule has 3 aromatic heterocycles. The Morgan fingerprint density at radius 2 is 1.22 bits per heavy atom. The molecular formula is C38H44N8O4. The Hall–Kier alpha value is -5.26. The molecule has 0 bridgehead atoms. The van der Waals surface area contributed by atoms with Gasteiger partial charge in [-0.2, -0.15) is 0 Å². The van der Waals surface area contributed by atoms with Crippen LogP contribution in [0.4, 0.5) is 9.59 Å². The van der Waals surface area contributed by atoms with E-state index in [0.29, 0.717) is 13.1 Å². The van der Waals surface area contributed by atoms with Gasteiger partial charge < -0.3 is 19.4 Å². The number of benzene rings is 2. The number of fused-ring (bicyclic) bond motifs is 1. The first-order valence-corrected chi connectivity index (χ1v) is 17.3. The average Bonchev–Trinajstić information content (AvgIpc) is 3.88. The molecule has 5 aromatic rings. The van der Waals surface area contributed by atoms with E-state index in [-0.39, 0.29) is 24.3 Å². The van der Waals surface area contributed by atoms with Crippen molar-refractivity contribution in [2.24, 2.45) is 0 Å². The second-order valence-corrected chi connectivity index (χ2v) is 15.1. The molecule has 2 fully saturated rings. The van der Waals surface area contributed by atoms with Crippen molar-refractivity contribution >= 4 is 23.2 Å². The van der Waals surface area contributed by atoms with Gasteiger partial charge in [0.15, 0.2) is 0 Å². The van der Waals surface area contributed by atoms with Crippen LogP contribution in [0.25, 0.3) is 44.8 Å². The van der Waals surface area contributed by atoms with E-state index in [4.69, 9.17) is 24.4 Å². The number of rotatable bonds is 5. The van der Waals surface area contributed by atoms with E-state index in [1.807, 2.05) is 90.2 Å². The van der Waals surface area contributed by atoms with Gasteiger partial charge in [0, 0.05) is 24.2 Å². The lowest BCUT2D eigenvalue weighted by Crippen LogP contribution is -2.36. The SMILES string of the molecule is CC(C)(C)OC(=O)N1CCCC1c1ncc(-c2ccc(-c3cnc(-c4ccc5nc(C6CCCN6C(=O)OC(C)(C)C)[nH]c5c4)cn3)cc2)[nH]1. The molecule has 0 saturated carbocycles. The van der Waals surface area contributed by atoms with Crippen LogP contribution in [0.1, 0.15) is 91.0 Å². The molecule has 2 aliphatic heterocycles. The largest absolute Gasteiger partial charge is 0.444 e. The first-order chi connectivity index (χ1) is 23.8. The van der Waals surface area contributed by atoms with Crippen molar-refractivity contribution in [3.05, 3.63) is 72.7 Å². The number of hydrogen-bond acceptors (Lipinski definition) is 8. The summed E-state index contributed by atoms with van der Waals surface area (Å²) in [7, 11) is 0. The van der Waals surface area contributed by atoms with E-state index in [2.05, 4.69) is 15.0 Å². The van der Waals surface area contributed by atoms with Gasteiger partial charge in [-0.05, 0) is 84.9 Å². The molecule has 0 radical (unpaired) electrons. The molecule has 7 rings (SSSR count). The lowest BCUT2D eigenvalue weighted by molar-refractivity contribution is 0.0208. The topological polar surface area (TPSA) is 142 Å². The van der Waals surface area contributed by atoms with Crippen LogP contribution in [0.2, 0.25) is 0 Å². The van der Waals surface area contributed by atoms with Crippen LogP contribution in [-0.2, 0) is 9.47 Å². The molecule has 2 N–H and O–H groups in total. The molecule has 2 amide bonds. The van der Waals surface area contributed by atoms with Crippen LogP contribution in [0.5, 0.6) is 0 Å². The number of H-pyrrole nitrogens is 2. The Morgan fingerprint density at radius 1 is 0.680 bits per heavy atom. The molecule has 2 aliphatic rings. The van der Waals surface area contributed by atoms with Gasteiger partial charge in [0.2, 0.25) is 0 Å². The summed E-state index contributed by atoms with van der Waals surface area (Å²) in [6, 6.07) is 13.8. The summed E-state index contributed by atoms with van der Waals surface area (Å²) in [5, 5.41) is 0. The summed E-state index contributed by atoms with van der Waals surface area (Å²) in [4.78, 5) is 54.9. The third kappa shape index (κ3) is 7.05. The minimum absolute atomic E-state index is 0.135. The minimum Gasteiger partial charge on any atom is -0.444 e. The molecule has 5 heterocycles. The molecule has 2 saturated heterocycles. The number of aromatic nitrogens is 6. The van der Waals surface area contributed by atoms with E-state index in [9.17, 15) is 9.59 Å². The fraction of sp³-hybridized carbons (Fsp3) is 0.421. The molecule has 12 heteroatoms. The summed E-state index contributed by atoms with van der Waals surface area (Å²) in [5.74, 6) is 1.53. The maximum Gasteiger partial charge on any atom is 0.410 e. The predicted octanol–water partition coefficient (Wildman–Crippen LogP) is 8.22. The summed E-state index contributed by atoms with van der Waals surface area (Å²) in [6.07, 6.45) is 8.23. The lowest BCUT2D eigenvalue weighted by atomic mass is 10.1. The van der Waals surface area contributed by atoms with Gasteiger partial charge in [0.1, 0.15) is 22.9 Å². The van der Waals surface area contributed by atoms with Gasteiger partial charge in [-0.3, -0.25) is 19.8 Å². The van der Waals surface area contributed by atoms with Gasteiger partial charge in [0.25, 0.3) is 0 Å². The van der Waals surface area contributed by atoms with Crippen molar-refractivity contribution in [3.8, 4) is 33.8 Å². The van der Waals surface area contributed by atoms with E-state index < -0.39 is 11.2 Å². The highest BCUT2D eigenvalue weighted by molar-refractivity contribution is 5.81. The maximum absolute atomic E-state index is 12.8. The number of hydrogen-bond donors (Lipinski definition) is 2. The molecule has 0 spiro atoms. The second kappa shape index (κ2) is 12.9. The molecule has 0 aliphatic carbocycles. The fourth-order valence-electron chi connectivity index (χ4n) is 6.63. The number of aromatic amines is 2. The Kier molecular flexibility index (Phi) is 8.57. The number of carbonyl (C=O) groups is 2. The van der Waals surface area contributed by atoms with Crippen LogP contribution in [0.15, 0.2) is 61.1 Å². The zero-order chi connectivity index (χ0) is 35.2. The first-order valence-electron chi connectivity index (χ1n) is 17.3. The molecular weight excluding hydrogens is 632 g/mol. The van der Waals surface area contributed by atoms with Gasteiger partial charge >= 0.3 is 12.2 Å². The van der Waals surface area contributed by atoms with Crippen LogP contribution in [-0.4, -0.2) is 76.2 Å². The predicted molar refractivity (Wildman–Crippen MR) is 190 cm³/mol. The van der Waals surface area contributed by atoms with E-state index in [0.717, 1.165) is 82.1 Å². The smallest absolute Gasteiger partial charge is 0.410 e. The maximum atomic E-state index is 12.8. The number of carbonyl (C=O) groups excluding carboxylic acids is 2. The molecule has 2 unspecified atom stereocenters. The van der Waals surface area contributed by atoms with Crippen molar-refractivity contribution in [1.82, 2.24) is 39.7 Å². The normalized spacial score (nSPS) is 18.2. The van der Waals surface area contributed by atoms with Crippen molar-refractivity contribution in [1.29, 1.82) is 0 Å². The van der Waals surface area contributed by atoms with Crippen LogP contribution < -0.4 is 0 Å². The summed E-state index contributed by atoms with van der Waals surface area (Å²) >= 11 is 0. The van der Waals surface area contributed by atoms with Crippen molar-refractivity contribution in [3.63, 3.8) is 0 Å². The Morgan fingerprint density at radius 3 is 1.80 bits per heavy atom. The van der Waals surface area contributed by atoms with Gasteiger partial charge in [0.05, 0.1) is 58.8 Å². The highest BCUT2D eigenvalue weighted by Gasteiger charge is 2.36. The minimum atomic E-state index is -0.553. The third-order valence-corrected chi connectivity index (χ3v) is 8.93. The average molecular weight is 677 g/mol. The van der Waals surface area contributed by atoms with Crippen LogP contribution >= 0.6 is 0 Å². The van der Waals surface area contributed by atoms with Crippen molar-refractivity contribution < 1.29 is 19.1 Å². The Labute approximate surface area is 291 Å². The van der Waals surface area contributed by atoms with E-state index >= 15 is 0 Å². The second-order valence-electron chi connectivity index (χ2n) is 15.1. The number of ether oxygens (including phenoxy) is 2. The van der Waals surface area contributed by atoms with Crippen LogP contribution in [0, 0.1) is 0 Å². The number of amides is 2. The number of nitrogens with zero attached hydrogens (tertiary/aromatic N) is 6. The molecule has 50 heavy (non-hydrogen) atoms. The van der Waals surface area contributed by atoms with Gasteiger partial charge in [-0.15, -0.1) is 0 Å². The van der Waals surface area contributed by atoms with E-state index in [1.165, 1.54) is 0 Å². The number of likely N-dealkylation sites (tertiary alicyclic amines) is 2. The summed E-state index contributed by atoms with van der Waals surface area (Å²) < 4.78 is 11.3. The highest BCUT2D eigenvalue weighted by atomic mass is 16.6. The highest BCUT2D eigenvalue weighted by Crippen LogP contribution is 2.35. The standard InChI is InChI=1S/C38H44N8O4/c1-37(2,3)49-35(47)45-17-7-9-31(45)33-41-22-30(44-33)24-13-11-23(12-14-24)28-20-40-29(21-39-28)25-15-16-26-27(19-25)43-34(42-26)32-10-8-18-46(32)36(48)50-38(4,5)6/h11-16,19-22,31-32H,7-10,17-18H2,1-6H3,(H,41,44)(H,42,43). The third-order valence-electron chi connectivity index (χ3n) is 8.93. The van der Waals surface area contributed by atoms with Crippen molar-refractivity contribution in [2.45, 2.75) is 90.5 Å². The Bertz CT molecular complexity index is 2000. The fourth-order valence-corrected chi connectivity index (χ4v) is 6.63. The molecule has 2 aromatic carbocycles. The van der Waals surface area contributed by atoms with Gasteiger partial charge in [-0.25, -0.2) is 19.6 Å². The van der Waals surface area contributed by atoms with Crippen molar-refractivity contribution in [2.75, 3.05) is 13.1 Å². The quantitative estimate of drug-likeness (QED) is 0.190. The zero-order valence-corrected chi connectivity index (χ0v) is 29.5. The van der Waals surface area contributed by atoms with Gasteiger partial charge in [-0.1, -0.05) is 30.3 Å². The van der Waals surface area contributed by atoms with E-state index in [1.54, 1.807) is 22.2 Å². The monoisotopic (exact) mass is 676 g/mol. The van der Waals surface area contributed by atoms with Crippen LogP contribution in [0.3, 0.4) is 0 Å². The molecule has 12 nitrogen and oxygen atoms in total. The molecule has 2 atom stereocenters. The zero-order valence-electron chi connectivity index (χ0n) is 29.5. The Balaban J connectivity index is 1.03. The first kappa shape index (κ1) is 33.2. The number of nitrogens with one attached hydrogen (secondary N) is 2. The molecule has 260 valence electrons. The summed E-state index contributed by atoms with van der Waals surface area (Å²) in [5.41, 5.74) is 5.84. The lowest BCUT2D eigenvalue weighted by Gasteiger charge is -2.27. The number of imidazole rings is 2.